The van der Waals surface area contributed by atoms with Crippen LogP contribution in [0.3, 0.4) is 0 Å². The number of aliphatic hydroxyl groups is 1. The molecule has 1 aromatic carbocycles. The van der Waals surface area contributed by atoms with Crippen molar-refractivity contribution in [2.75, 3.05) is 6.54 Å². The Morgan fingerprint density at radius 1 is 1.24 bits per heavy atom. The van der Waals surface area contributed by atoms with E-state index in [9.17, 15) is 9.90 Å². The predicted octanol–water partition coefficient (Wildman–Crippen LogP) is 3.49. The lowest BCUT2D eigenvalue weighted by Gasteiger charge is -2.32. The van der Waals surface area contributed by atoms with Gasteiger partial charge in [-0.05, 0) is 12.8 Å². The number of hydrogen-bond acceptors (Lipinski definition) is 4. The Morgan fingerprint density at radius 3 is 2.76 bits per heavy atom. The summed E-state index contributed by atoms with van der Waals surface area (Å²) in [6.45, 7) is 0.309. The first-order chi connectivity index (χ1) is 12.1. The van der Waals surface area contributed by atoms with E-state index in [2.05, 4.69) is 10.3 Å². The molecular formula is C19H21N3O2S. The second kappa shape index (κ2) is 6.61. The number of fused-ring (bicyclic) bond motifs is 1. The molecule has 1 saturated carbocycles. The summed E-state index contributed by atoms with van der Waals surface area (Å²) in [7, 11) is 0. The maximum absolute atomic E-state index is 12.6. The van der Waals surface area contributed by atoms with Gasteiger partial charge in [0, 0.05) is 23.7 Å². The number of hydrogen-bond donors (Lipinski definition) is 2. The average Bonchev–Trinajstić information content (AvgIpc) is 3.22. The molecule has 6 heteroatoms. The van der Waals surface area contributed by atoms with Crippen LogP contribution in [0.25, 0.3) is 16.2 Å². The van der Waals surface area contributed by atoms with Crippen LogP contribution in [-0.4, -0.2) is 32.5 Å². The zero-order chi connectivity index (χ0) is 17.3. The van der Waals surface area contributed by atoms with E-state index in [-0.39, 0.29) is 5.91 Å². The van der Waals surface area contributed by atoms with Gasteiger partial charge in [-0.25, -0.2) is 4.98 Å². The van der Waals surface area contributed by atoms with Crippen LogP contribution in [0.5, 0.6) is 0 Å². The Kier molecular flexibility index (Phi) is 4.31. The summed E-state index contributed by atoms with van der Waals surface area (Å²) in [4.78, 5) is 18.0. The van der Waals surface area contributed by atoms with Gasteiger partial charge in [0.25, 0.3) is 5.91 Å². The maximum Gasteiger partial charge on any atom is 0.269 e. The molecule has 0 aliphatic heterocycles. The van der Waals surface area contributed by atoms with Crippen molar-refractivity contribution in [3.05, 3.63) is 47.6 Å². The molecule has 0 bridgehead atoms. The van der Waals surface area contributed by atoms with Crippen LogP contribution in [0, 0.1) is 0 Å². The van der Waals surface area contributed by atoms with Gasteiger partial charge >= 0.3 is 0 Å². The Bertz CT molecular complexity index is 879. The lowest BCUT2D eigenvalue weighted by molar-refractivity contribution is 0.00520. The second-order valence-corrected chi connectivity index (χ2v) is 7.57. The van der Waals surface area contributed by atoms with Gasteiger partial charge in [-0.2, -0.15) is 0 Å². The highest BCUT2D eigenvalue weighted by Crippen LogP contribution is 2.28. The first kappa shape index (κ1) is 16.3. The van der Waals surface area contributed by atoms with Gasteiger partial charge in [-0.3, -0.25) is 9.20 Å². The van der Waals surface area contributed by atoms with Gasteiger partial charge < -0.3 is 10.4 Å². The molecule has 1 aliphatic rings. The molecule has 0 atom stereocenters. The van der Waals surface area contributed by atoms with E-state index in [1.54, 1.807) is 0 Å². The van der Waals surface area contributed by atoms with E-state index >= 15 is 0 Å². The molecule has 2 heterocycles. The van der Waals surface area contributed by atoms with Crippen LogP contribution in [0.1, 0.15) is 42.6 Å². The van der Waals surface area contributed by atoms with Gasteiger partial charge in [-0.1, -0.05) is 49.6 Å². The third-order valence-electron chi connectivity index (χ3n) is 4.87. The van der Waals surface area contributed by atoms with Crippen LogP contribution in [0.4, 0.5) is 0 Å². The fourth-order valence-electron chi connectivity index (χ4n) is 3.42. The lowest BCUT2D eigenvalue weighted by atomic mass is 9.85. The summed E-state index contributed by atoms with van der Waals surface area (Å²) in [5, 5.41) is 15.3. The number of carbonyl (C=O) groups excluding carboxylic acids is 1. The Morgan fingerprint density at radius 2 is 2.00 bits per heavy atom. The highest BCUT2D eigenvalue weighted by molar-refractivity contribution is 7.15. The first-order valence-corrected chi connectivity index (χ1v) is 9.55. The number of nitrogens with one attached hydrogen (secondary N) is 1. The molecule has 2 aromatic heterocycles. The topological polar surface area (TPSA) is 66.6 Å². The molecule has 0 unspecified atom stereocenters. The SMILES string of the molecule is O=C(NCC1(O)CCCCC1)c1csc2nc(-c3ccccc3)cn12. The fraction of sp³-hybridized carbons (Fsp3) is 0.368. The van der Waals surface area contributed by atoms with Gasteiger partial charge in [0.2, 0.25) is 0 Å². The molecule has 5 nitrogen and oxygen atoms in total. The molecule has 0 radical (unpaired) electrons. The molecular weight excluding hydrogens is 334 g/mol. The second-order valence-electron chi connectivity index (χ2n) is 6.73. The van der Waals surface area contributed by atoms with Gasteiger partial charge in [0.15, 0.2) is 4.96 Å². The average molecular weight is 355 g/mol. The quantitative estimate of drug-likeness (QED) is 0.753. The number of benzene rings is 1. The van der Waals surface area contributed by atoms with E-state index in [4.69, 9.17) is 0 Å². The monoisotopic (exact) mass is 355 g/mol. The number of thiazole rings is 1. The van der Waals surface area contributed by atoms with Crippen LogP contribution in [-0.2, 0) is 0 Å². The minimum Gasteiger partial charge on any atom is -0.388 e. The van der Waals surface area contributed by atoms with Crippen LogP contribution < -0.4 is 5.32 Å². The van der Waals surface area contributed by atoms with Gasteiger partial charge in [0.05, 0.1) is 11.3 Å². The van der Waals surface area contributed by atoms with Crippen molar-refractivity contribution in [2.45, 2.75) is 37.7 Å². The maximum atomic E-state index is 12.6. The number of amides is 1. The third kappa shape index (κ3) is 3.32. The van der Waals surface area contributed by atoms with Gasteiger partial charge in [-0.15, -0.1) is 11.3 Å². The van der Waals surface area contributed by atoms with Crippen molar-refractivity contribution in [3.8, 4) is 11.3 Å². The van der Waals surface area contributed by atoms with E-state index in [0.29, 0.717) is 12.2 Å². The molecule has 2 N–H and O–H groups in total. The largest absolute Gasteiger partial charge is 0.388 e. The summed E-state index contributed by atoms with van der Waals surface area (Å²) in [5.41, 5.74) is 1.69. The first-order valence-electron chi connectivity index (χ1n) is 8.67. The van der Waals surface area contributed by atoms with E-state index in [1.807, 2.05) is 46.3 Å². The smallest absolute Gasteiger partial charge is 0.269 e. The Balaban J connectivity index is 1.52. The minimum absolute atomic E-state index is 0.165. The molecule has 1 aliphatic carbocycles. The highest BCUT2D eigenvalue weighted by atomic mass is 32.1. The molecule has 1 amide bonds. The van der Waals surface area contributed by atoms with Crippen molar-refractivity contribution in [3.63, 3.8) is 0 Å². The molecule has 0 spiro atoms. The molecule has 1 fully saturated rings. The minimum atomic E-state index is -0.757. The molecule has 3 aromatic rings. The fourth-order valence-corrected chi connectivity index (χ4v) is 4.27. The van der Waals surface area contributed by atoms with E-state index in [0.717, 1.165) is 41.9 Å². The van der Waals surface area contributed by atoms with Crippen molar-refractivity contribution >= 4 is 22.2 Å². The van der Waals surface area contributed by atoms with Crippen molar-refractivity contribution in [2.24, 2.45) is 0 Å². The van der Waals surface area contributed by atoms with Gasteiger partial charge in [0.1, 0.15) is 5.69 Å². The van der Waals surface area contributed by atoms with E-state index < -0.39 is 5.60 Å². The number of rotatable bonds is 4. The summed E-state index contributed by atoms with van der Waals surface area (Å²) >= 11 is 1.45. The predicted molar refractivity (Wildman–Crippen MR) is 98.9 cm³/mol. The third-order valence-corrected chi connectivity index (χ3v) is 5.71. The van der Waals surface area contributed by atoms with Crippen molar-refractivity contribution in [1.29, 1.82) is 0 Å². The molecule has 130 valence electrons. The molecule has 4 rings (SSSR count). The summed E-state index contributed by atoms with van der Waals surface area (Å²) in [6.07, 6.45) is 6.63. The number of aromatic nitrogens is 2. The van der Waals surface area contributed by atoms with Crippen LogP contribution >= 0.6 is 11.3 Å². The zero-order valence-electron chi connectivity index (χ0n) is 13.9. The lowest BCUT2D eigenvalue weighted by Crippen LogP contribution is -2.44. The normalized spacial score (nSPS) is 16.8. The van der Waals surface area contributed by atoms with Crippen molar-refractivity contribution in [1.82, 2.24) is 14.7 Å². The highest BCUT2D eigenvalue weighted by Gasteiger charge is 2.30. The number of carbonyl (C=O) groups is 1. The van der Waals surface area contributed by atoms with Crippen LogP contribution in [0.2, 0.25) is 0 Å². The zero-order valence-corrected chi connectivity index (χ0v) is 14.8. The summed E-state index contributed by atoms with van der Waals surface area (Å²) in [6, 6.07) is 9.93. The number of nitrogens with zero attached hydrogens (tertiary/aromatic N) is 2. The Hall–Kier alpha value is -2.18. The van der Waals surface area contributed by atoms with Crippen molar-refractivity contribution < 1.29 is 9.90 Å². The van der Waals surface area contributed by atoms with Crippen LogP contribution in [0.15, 0.2) is 41.9 Å². The standard InChI is InChI=1S/C19H21N3O2S/c23-17(20-13-19(24)9-5-2-6-10-19)16-12-25-18-21-15(11-22(16)18)14-7-3-1-4-8-14/h1,3-4,7-8,11-12,24H,2,5-6,9-10,13H2,(H,20,23). The summed E-state index contributed by atoms with van der Waals surface area (Å²) in [5.74, 6) is -0.165. The van der Waals surface area contributed by atoms with E-state index in [1.165, 1.54) is 17.8 Å². The number of imidazole rings is 1. The molecule has 25 heavy (non-hydrogen) atoms. The molecule has 0 saturated heterocycles. The summed E-state index contributed by atoms with van der Waals surface area (Å²) < 4.78 is 1.83. The Labute approximate surface area is 150 Å².